The number of benzene rings is 2. The minimum atomic E-state index is -0.627. The average Bonchev–Trinajstić information content (AvgIpc) is 2.99. The van der Waals surface area contributed by atoms with Crippen LogP contribution in [-0.2, 0) is 25.7 Å². The molecule has 144 valence electrons. The second-order valence-corrected chi connectivity index (χ2v) is 7.45. The van der Waals surface area contributed by atoms with Gasteiger partial charge in [-0.25, -0.2) is 4.79 Å². The Kier molecular flexibility index (Phi) is 6.40. The van der Waals surface area contributed by atoms with Crippen molar-refractivity contribution < 1.29 is 23.9 Å². The number of imide groups is 1. The zero-order chi connectivity index (χ0) is 20.1. The first-order chi connectivity index (χ1) is 13.4. The molecule has 0 atom stereocenters. The molecule has 0 saturated carbocycles. The van der Waals surface area contributed by atoms with Gasteiger partial charge in [0.05, 0.1) is 12.1 Å². The van der Waals surface area contributed by atoms with Crippen LogP contribution in [-0.4, -0.2) is 35.2 Å². The Balaban J connectivity index is 1.51. The van der Waals surface area contributed by atoms with Gasteiger partial charge in [0.25, 0.3) is 5.91 Å². The predicted molar refractivity (Wildman–Crippen MR) is 109 cm³/mol. The van der Waals surface area contributed by atoms with Crippen molar-refractivity contribution in [1.29, 1.82) is 0 Å². The van der Waals surface area contributed by atoms with Crippen LogP contribution in [0.2, 0.25) is 0 Å². The fraction of sp³-hybridized carbons (Fsp3) is 0.200. The molecule has 8 heteroatoms. The smallest absolute Gasteiger partial charge is 0.338 e. The summed E-state index contributed by atoms with van der Waals surface area (Å²) in [7, 11) is 0. The molecular weight excluding hydrogens is 475 g/mol. The van der Waals surface area contributed by atoms with Gasteiger partial charge < -0.3 is 10.1 Å². The Bertz CT molecular complexity index is 910. The Morgan fingerprint density at radius 3 is 2.36 bits per heavy atom. The predicted octanol–water partition coefficient (Wildman–Crippen LogP) is 2.74. The standard InChI is InChI=1S/C20H17IN2O5/c21-15-2-1-3-16(10-15)22-17(24)12-28-20(27)14-6-4-13(5-7-14)11-23-18(25)8-9-19(23)26/h1-7,10H,8-9,11-12H2,(H,22,24). The van der Waals surface area contributed by atoms with Crippen LogP contribution in [0.3, 0.4) is 0 Å². The third-order valence-electron chi connectivity index (χ3n) is 4.13. The summed E-state index contributed by atoms with van der Waals surface area (Å²) in [6, 6.07) is 13.7. The van der Waals surface area contributed by atoms with E-state index in [9.17, 15) is 19.2 Å². The van der Waals surface area contributed by atoms with Gasteiger partial charge in [-0.1, -0.05) is 18.2 Å². The molecule has 1 N–H and O–H groups in total. The Morgan fingerprint density at radius 1 is 1.04 bits per heavy atom. The Labute approximate surface area is 175 Å². The van der Waals surface area contributed by atoms with E-state index in [4.69, 9.17) is 4.74 Å². The molecule has 7 nitrogen and oxygen atoms in total. The van der Waals surface area contributed by atoms with E-state index in [1.54, 1.807) is 36.4 Å². The molecule has 0 unspecified atom stereocenters. The monoisotopic (exact) mass is 492 g/mol. The normalized spacial score (nSPS) is 13.5. The van der Waals surface area contributed by atoms with Crippen LogP contribution in [0.5, 0.6) is 0 Å². The quantitative estimate of drug-likeness (QED) is 0.381. The lowest BCUT2D eigenvalue weighted by atomic mass is 10.1. The molecule has 3 amide bonds. The second kappa shape index (κ2) is 8.96. The number of likely N-dealkylation sites (tertiary alicyclic amines) is 1. The summed E-state index contributed by atoms with van der Waals surface area (Å²) in [6.07, 6.45) is 0.487. The van der Waals surface area contributed by atoms with E-state index in [-0.39, 0.29) is 36.8 Å². The number of ether oxygens (including phenoxy) is 1. The highest BCUT2D eigenvalue weighted by atomic mass is 127. The van der Waals surface area contributed by atoms with Crippen molar-refractivity contribution in [3.8, 4) is 0 Å². The first-order valence-electron chi connectivity index (χ1n) is 8.57. The maximum Gasteiger partial charge on any atom is 0.338 e. The number of nitrogens with zero attached hydrogens (tertiary/aromatic N) is 1. The first kappa shape index (κ1) is 20.0. The number of anilines is 1. The van der Waals surface area contributed by atoms with Crippen LogP contribution in [0.4, 0.5) is 5.69 Å². The highest BCUT2D eigenvalue weighted by molar-refractivity contribution is 14.1. The zero-order valence-corrected chi connectivity index (χ0v) is 17.0. The summed E-state index contributed by atoms with van der Waals surface area (Å²) >= 11 is 2.13. The highest BCUT2D eigenvalue weighted by Gasteiger charge is 2.28. The van der Waals surface area contributed by atoms with Crippen LogP contribution in [0.15, 0.2) is 48.5 Å². The molecule has 1 fully saturated rings. The number of amides is 3. The summed E-state index contributed by atoms with van der Waals surface area (Å²) in [6.45, 7) is -0.214. The van der Waals surface area contributed by atoms with Crippen LogP contribution < -0.4 is 5.32 Å². The van der Waals surface area contributed by atoms with Gasteiger partial charge in [0, 0.05) is 22.1 Å². The lowest BCUT2D eigenvalue weighted by Crippen LogP contribution is -2.28. The molecule has 0 aliphatic carbocycles. The van der Waals surface area contributed by atoms with Gasteiger partial charge >= 0.3 is 5.97 Å². The number of rotatable bonds is 6. The lowest BCUT2D eigenvalue weighted by molar-refractivity contribution is -0.139. The summed E-state index contributed by atoms with van der Waals surface area (Å²) in [5, 5.41) is 2.66. The molecule has 1 aliphatic rings. The van der Waals surface area contributed by atoms with Crippen molar-refractivity contribution in [2.24, 2.45) is 0 Å². The molecule has 2 aromatic rings. The van der Waals surface area contributed by atoms with Gasteiger partial charge in [-0.05, 0) is 58.5 Å². The molecule has 0 bridgehead atoms. The lowest BCUT2D eigenvalue weighted by Gasteiger charge is -2.13. The molecular formula is C20H17IN2O5. The van der Waals surface area contributed by atoms with Crippen LogP contribution >= 0.6 is 22.6 Å². The summed E-state index contributed by atoms with van der Waals surface area (Å²) in [5.41, 5.74) is 1.64. The van der Waals surface area contributed by atoms with Crippen molar-refractivity contribution in [2.45, 2.75) is 19.4 Å². The summed E-state index contributed by atoms with van der Waals surface area (Å²) in [5.74, 6) is -1.43. The van der Waals surface area contributed by atoms with Gasteiger partial charge in [-0.2, -0.15) is 0 Å². The molecule has 1 aliphatic heterocycles. The van der Waals surface area contributed by atoms with E-state index in [0.717, 1.165) is 9.13 Å². The fourth-order valence-corrected chi connectivity index (χ4v) is 3.25. The van der Waals surface area contributed by atoms with Gasteiger partial charge in [-0.3, -0.25) is 19.3 Å². The second-order valence-electron chi connectivity index (χ2n) is 6.21. The summed E-state index contributed by atoms with van der Waals surface area (Å²) in [4.78, 5) is 48.5. The van der Waals surface area contributed by atoms with Gasteiger partial charge in [0.1, 0.15) is 0 Å². The van der Waals surface area contributed by atoms with E-state index in [1.165, 1.54) is 4.90 Å². The van der Waals surface area contributed by atoms with E-state index in [2.05, 4.69) is 27.9 Å². The van der Waals surface area contributed by atoms with E-state index < -0.39 is 18.5 Å². The van der Waals surface area contributed by atoms with Crippen LogP contribution in [0.1, 0.15) is 28.8 Å². The minimum Gasteiger partial charge on any atom is -0.452 e. The highest BCUT2D eigenvalue weighted by Crippen LogP contribution is 2.16. The molecule has 28 heavy (non-hydrogen) atoms. The van der Waals surface area contributed by atoms with Crippen LogP contribution in [0, 0.1) is 3.57 Å². The number of esters is 1. The molecule has 0 aromatic heterocycles. The molecule has 0 spiro atoms. The SMILES string of the molecule is O=C(COC(=O)c1ccc(CN2C(=O)CCC2=O)cc1)Nc1cccc(I)c1. The van der Waals surface area contributed by atoms with Gasteiger partial charge in [0.2, 0.25) is 11.8 Å². The first-order valence-corrected chi connectivity index (χ1v) is 9.65. The van der Waals surface area contributed by atoms with Gasteiger partial charge in [0.15, 0.2) is 6.61 Å². The number of carbonyl (C=O) groups is 4. The summed E-state index contributed by atoms with van der Waals surface area (Å²) < 4.78 is 6.00. The molecule has 2 aromatic carbocycles. The minimum absolute atomic E-state index is 0.186. The van der Waals surface area contributed by atoms with Crippen molar-refractivity contribution in [3.05, 3.63) is 63.2 Å². The number of halogens is 1. The number of hydrogen-bond donors (Lipinski definition) is 1. The Morgan fingerprint density at radius 2 is 1.71 bits per heavy atom. The third-order valence-corrected chi connectivity index (χ3v) is 4.80. The number of carbonyl (C=O) groups excluding carboxylic acids is 4. The van der Waals surface area contributed by atoms with Crippen molar-refractivity contribution in [2.75, 3.05) is 11.9 Å². The van der Waals surface area contributed by atoms with Crippen molar-refractivity contribution in [3.63, 3.8) is 0 Å². The molecule has 1 saturated heterocycles. The third kappa shape index (κ3) is 5.16. The van der Waals surface area contributed by atoms with Gasteiger partial charge in [-0.15, -0.1) is 0 Å². The van der Waals surface area contributed by atoms with E-state index >= 15 is 0 Å². The average molecular weight is 492 g/mol. The zero-order valence-electron chi connectivity index (χ0n) is 14.8. The number of hydrogen-bond acceptors (Lipinski definition) is 5. The number of nitrogens with one attached hydrogen (secondary N) is 1. The molecule has 3 rings (SSSR count). The maximum atomic E-state index is 12.1. The van der Waals surface area contributed by atoms with Crippen molar-refractivity contribution >= 4 is 52.0 Å². The van der Waals surface area contributed by atoms with E-state index in [1.807, 2.05) is 12.1 Å². The topological polar surface area (TPSA) is 92.8 Å². The van der Waals surface area contributed by atoms with E-state index in [0.29, 0.717) is 5.69 Å². The van der Waals surface area contributed by atoms with Crippen molar-refractivity contribution in [1.82, 2.24) is 4.90 Å². The largest absolute Gasteiger partial charge is 0.452 e. The maximum absolute atomic E-state index is 12.1. The molecule has 1 heterocycles. The molecule has 0 radical (unpaired) electrons. The van der Waals surface area contributed by atoms with Crippen LogP contribution in [0.25, 0.3) is 0 Å². The fourth-order valence-electron chi connectivity index (χ4n) is 2.71. The Hall–Kier alpha value is -2.75.